The molecule has 10 aliphatic rings. The van der Waals surface area contributed by atoms with Crippen molar-refractivity contribution >= 4 is 119 Å². The fraction of sp³-hybridized carbons (Fsp3) is 0.664. The number of aliphatic hydroxyl groups is 1. The third-order valence-corrected chi connectivity index (χ3v) is 35.0. The molecule has 5 aromatic carbocycles. The third-order valence-electron chi connectivity index (χ3n) is 32.9. The number of nitrogens with zero attached hydrogens (tertiary/aromatic N) is 4. The Hall–Kier alpha value is -7.28. The van der Waals surface area contributed by atoms with Gasteiger partial charge in [-0.05, 0) is 419 Å². The van der Waals surface area contributed by atoms with Gasteiger partial charge in [-0.1, -0.05) is 109 Å². The molecule has 4 N–H and O–H groups in total. The van der Waals surface area contributed by atoms with Crippen molar-refractivity contribution in [3.05, 3.63) is 169 Å². The number of piperidine rings is 5. The lowest BCUT2D eigenvalue weighted by Gasteiger charge is -2.46. The van der Waals surface area contributed by atoms with Crippen LogP contribution in [0.5, 0.6) is 0 Å². The van der Waals surface area contributed by atoms with E-state index in [1.807, 2.05) is 167 Å². The fourth-order valence-electron chi connectivity index (χ4n) is 24.5. The number of ether oxygens (including phenoxy) is 6. The number of nitrogens with one attached hydrogen (secondary N) is 3. The van der Waals surface area contributed by atoms with Crippen LogP contribution < -0.4 is 16.0 Å². The highest BCUT2D eigenvalue weighted by molar-refractivity contribution is 6.33. The van der Waals surface area contributed by atoms with E-state index in [1.54, 1.807) is 23.6 Å². The molecule has 22 nitrogen and oxygen atoms in total. The van der Waals surface area contributed by atoms with Gasteiger partial charge in [-0.15, -0.1) is 12.4 Å². The van der Waals surface area contributed by atoms with Crippen LogP contribution in [0.15, 0.2) is 60.7 Å². The average molecular weight is 2070 g/mol. The van der Waals surface area contributed by atoms with Gasteiger partial charge in [0.05, 0.1) is 30.1 Å². The highest BCUT2D eigenvalue weighted by atomic mass is 35.5. The summed E-state index contributed by atoms with van der Waals surface area (Å²) in [6.45, 7) is 68.4. The minimum atomic E-state index is -0.869. The van der Waals surface area contributed by atoms with Crippen molar-refractivity contribution in [2.45, 2.75) is 405 Å². The Labute approximate surface area is 872 Å². The molecule has 5 aliphatic heterocycles. The molecular weight excluding hydrogens is 1910 g/mol. The van der Waals surface area contributed by atoms with Crippen molar-refractivity contribution in [3.63, 3.8) is 0 Å². The highest BCUT2D eigenvalue weighted by Gasteiger charge is 2.62. The number of esters is 2. The van der Waals surface area contributed by atoms with Crippen LogP contribution in [0.2, 0.25) is 25.1 Å². The lowest BCUT2D eigenvalue weighted by molar-refractivity contribution is -0.150. The molecule has 5 fully saturated rings. The van der Waals surface area contributed by atoms with Crippen LogP contribution in [-0.4, -0.2) is 191 Å². The van der Waals surface area contributed by atoms with Gasteiger partial charge in [-0.3, -0.25) is 19.2 Å². The van der Waals surface area contributed by atoms with Crippen LogP contribution in [0.25, 0.3) is 0 Å². The van der Waals surface area contributed by atoms with Gasteiger partial charge in [0.2, 0.25) is 11.8 Å². The third kappa shape index (κ3) is 24.1. The van der Waals surface area contributed by atoms with Crippen molar-refractivity contribution in [1.82, 2.24) is 35.6 Å². The molecule has 0 radical (unpaired) electrons. The number of hydrogen-bond acceptors (Lipinski definition) is 16. The zero-order valence-electron chi connectivity index (χ0n) is 90.2. The number of amides is 6. The summed E-state index contributed by atoms with van der Waals surface area (Å²) in [4.78, 5) is 107. The quantitative estimate of drug-likeness (QED) is 0.0790. The molecule has 0 saturated carbocycles. The lowest BCUT2D eigenvalue weighted by Crippen LogP contribution is -2.57. The van der Waals surface area contributed by atoms with Crippen LogP contribution in [0, 0.1) is 34.6 Å². The van der Waals surface area contributed by atoms with E-state index in [2.05, 4.69) is 120 Å². The summed E-state index contributed by atoms with van der Waals surface area (Å²) in [5.41, 5.74) is 12.0. The summed E-state index contributed by atoms with van der Waals surface area (Å²) in [5, 5.41) is 24.6. The standard InChI is InChI=1S/C25H37ClN2O3.C23H32ClNO4.C23H34ClNO3.C22H30ClNO4.C20H29ClN2O.ClH/c1-16-13-19-18(14-20(16)26)24(8,23(6,7)27-17(2)29)15-25(19)9-11-28(12-10-25)21(30)31-22(3,4)5;1-7-28-19(26)22(6)14-23(17-12-15(2)18(24)13-16(17)22)8-10-25(11-9-23)20(27)29-21(3,4)5;1-15-12-17-16(13-18(15)24)22(7,21(5,6)27)14-23(17)8-10-25(11-9-23)19(26)28-20(2,3)4;1-6-27-19(25)16-13-22(17-11-14(2)18(23)12-15(16)17)7-9-24(10-8-22)20(26)28-21(3,4)5;1-13-10-16-15(11-17(13)21)19(5,18(3,4)23-14(2)24)12-20(16)6-8-22-9-7-20;/h13-14H,9-12,15H2,1-8H3,(H,27,29);12-13H,7-11,14H2,1-6H3;12-13,27H,8-11,14H2,1-7H3;11-12,16H,6-10,13H2,1-5H3;10-11,22H,6-9,12H2,1-5H3,(H,23,24);1H. The lowest BCUT2D eigenvalue weighted by atomic mass is 9.65. The van der Waals surface area contributed by atoms with Crippen molar-refractivity contribution in [2.24, 2.45) is 0 Å². The molecule has 0 bridgehead atoms. The first-order valence-electron chi connectivity index (χ1n) is 50.7. The van der Waals surface area contributed by atoms with Crippen molar-refractivity contribution in [2.75, 3.05) is 78.7 Å². The van der Waals surface area contributed by atoms with Gasteiger partial charge >= 0.3 is 36.3 Å². The molecule has 141 heavy (non-hydrogen) atoms. The molecule has 782 valence electrons. The summed E-state index contributed by atoms with van der Waals surface area (Å²) >= 11 is 32.4. The summed E-state index contributed by atoms with van der Waals surface area (Å²) in [6.07, 6.45) is 12.1. The summed E-state index contributed by atoms with van der Waals surface area (Å²) in [6, 6.07) is 21.2. The van der Waals surface area contributed by atoms with E-state index in [-0.39, 0.29) is 115 Å². The summed E-state index contributed by atoms with van der Waals surface area (Å²) in [7, 11) is 0. The van der Waals surface area contributed by atoms with Crippen LogP contribution >= 0.6 is 70.4 Å². The number of carbonyl (C=O) groups is 8. The zero-order valence-corrected chi connectivity index (χ0v) is 94.8. The average Bonchev–Trinajstić information content (AvgIpc) is 1.50. The van der Waals surface area contributed by atoms with Crippen LogP contribution in [0.3, 0.4) is 0 Å². The maximum atomic E-state index is 12.9. The molecule has 5 aliphatic carbocycles. The Morgan fingerprint density at radius 1 is 0.369 bits per heavy atom. The first kappa shape index (κ1) is 116. The Bertz CT molecular complexity index is 5500. The van der Waals surface area contributed by atoms with Crippen molar-refractivity contribution in [3.8, 4) is 0 Å². The first-order valence-corrected chi connectivity index (χ1v) is 52.6. The van der Waals surface area contributed by atoms with Gasteiger partial charge in [0, 0.05) is 129 Å². The van der Waals surface area contributed by atoms with Gasteiger partial charge in [0.1, 0.15) is 22.4 Å². The Kier molecular flexibility index (Phi) is 34.6. The predicted molar refractivity (Wildman–Crippen MR) is 567 cm³/mol. The minimum absolute atomic E-state index is 0. The van der Waals surface area contributed by atoms with E-state index in [9.17, 15) is 43.5 Å². The molecule has 28 heteroatoms. The number of benzene rings is 5. The van der Waals surface area contributed by atoms with Gasteiger partial charge in [0.15, 0.2) is 0 Å². The number of halogens is 6. The molecule has 5 aromatic rings. The number of likely N-dealkylation sites (tertiary alicyclic amines) is 4. The van der Waals surface area contributed by atoms with Crippen molar-refractivity contribution in [1.29, 1.82) is 0 Å². The van der Waals surface area contributed by atoms with Crippen LogP contribution in [-0.2, 0) is 96.3 Å². The molecule has 15 rings (SSSR count). The molecule has 5 spiro atoms. The monoisotopic (exact) mass is 2070 g/mol. The molecule has 5 atom stereocenters. The molecule has 5 unspecified atom stereocenters. The van der Waals surface area contributed by atoms with Crippen molar-refractivity contribution < 1.29 is 71.9 Å². The van der Waals surface area contributed by atoms with Gasteiger partial charge in [-0.2, -0.15) is 0 Å². The van der Waals surface area contributed by atoms with E-state index < -0.39 is 39.0 Å². The number of rotatable bonds is 9. The SMILES string of the molecule is CC(=O)NC(C)(C)C1(C)CC2(CCN(C(=O)OC(C)(C)C)CC2)c2cc(C)c(Cl)cc21.CC(=O)NC(C)(C)C1(C)CC2(CCNCC2)c2cc(C)c(Cl)cc21.CCOC(=O)C1(C)CC2(CCN(C(=O)OC(C)(C)C)CC2)c2cc(C)c(Cl)cc21.CCOC(=O)C1CC2(CCN(C(=O)OC(C)(C)C)CC2)c2cc(C)c(Cl)cc21.Cc1cc2c(cc1Cl)C(C)(C(C)(C)O)CC21CCN(C(=O)OC(C)(C)C)CC1.Cl. The number of hydrogen-bond donors (Lipinski definition) is 4. The minimum Gasteiger partial charge on any atom is -0.466 e. The van der Waals surface area contributed by atoms with E-state index >= 15 is 0 Å². The van der Waals surface area contributed by atoms with E-state index in [0.717, 1.165) is 156 Å². The van der Waals surface area contributed by atoms with Crippen LogP contribution in [0.1, 0.15) is 366 Å². The Balaban J connectivity index is 0.000000181. The Morgan fingerprint density at radius 3 is 0.929 bits per heavy atom. The molecule has 0 aromatic heterocycles. The normalized spacial score (nSPS) is 23.1. The molecule has 6 amide bonds. The summed E-state index contributed by atoms with van der Waals surface area (Å²) < 4.78 is 33.0. The first-order chi connectivity index (χ1) is 64.4. The van der Waals surface area contributed by atoms with Gasteiger partial charge in [0.25, 0.3) is 0 Å². The van der Waals surface area contributed by atoms with E-state index in [1.165, 1.54) is 38.9 Å². The molecule has 5 heterocycles. The zero-order chi connectivity index (χ0) is 105. The maximum Gasteiger partial charge on any atom is 0.410 e. The summed E-state index contributed by atoms with van der Waals surface area (Å²) in [5.74, 6) is -0.692. The molecular formula is C113H163Cl6N7O15. The molecule has 5 saturated heterocycles. The van der Waals surface area contributed by atoms with E-state index in [0.29, 0.717) is 88.5 Å². The number of aryl methyl sites for hydroxylation is 5. The number of fused-ring (bicyclic) bond motifs is 10. The van der Waals surface area contributed by atoms with Gasteiger partial charge in [-0.25, -0.2) is 19.2 Å². The number of carbonyl (C=O) groups excluding carboxylic acids is 8. The second-order valence-corrected chi connectivity index (χ2v) is 50.8. The highest BCUT2D eigenvalue weighted by Crippen LogP contribution is 2.64. The smallest absolute Gasteiger partial charge is 0.410 e. The second-order valence-electron chi connectivity index (χ2n) is 48.7. The topological polar surface area (TPSA) is 261 Å². The fourth-order valence-corrected chi connectivity index (χ4v) is 25.3. The maximum absolute atomic E-state index is 12.9. The Morgan fingerprint density at radius 2 is 0.631 bits per heavy atom. The second kappa shape index (κ2) is 42.2. The van der Waals surface area contributed by atoms with Crippen LogP contribution in [0.4, 0.5) is 19.2 Å². The van der Waals surface area contributed by atoms with E-state index in [4.69, 9.17) is 86.4 Å². The largest absolute Gasteiger partial charge is 0.466 e. The predicted octanol–water partition coefficient (Wildman–Crippen LogP) is 25.2. The van der Waals surface area contributed by atoms with Gasteiger partial charge < -0.3 is 69.1 Å².